The molecule has 6 nitrogen and oxygen atoms in total. The third-order valence-corrected chi connectivity index (χ3v) is 4.78. The summed E-state index contributed by atoms with van der Waals surface area (Å²) < 4.78 is 3.55. The molecule has 0 radical (unpaired) electrons. The monoisotopic (exact) mass is 323 g/mol. The van der Waals surface area contributed by atoms with Gasteiger partial charge in [0.2, 0.25) is 0 Å². The van der Waals surface area contributed by atoms with Gasteiger partial charge in [-0.15, -0.1) is 0 Å². The summed E-state index contributed by atoms with van der Waals surface area (Å²) in [5, 5.41) is 19.5. The molecule has 3 rings (SSSR count). The predicted molar refractivity (Wildman–Crippen MR) is 84.4 cm³/mol. The number of likely N-dealkylation sites (tertiary alicyclic amines) is 1. The first-order valence-electron chi connectivity index (χ1n) is 7.61. The highest BCUT2D eigenvalue weighted by molar-refractivity contribution is 6.31. The zero-order chi connectivity index (χ0) is 15.7. The van der Waals surface area contributed by atoms with Gasteiger partial charge in [-0.3, -0.25) is 14.3 Å². The van der Waals surface area contributed by atoms with Crippen molar-refractivity contribution in [2.45, 2.75) is 38.0 Å². The van der Waals surface area contributed by atoms with Crippen LogP contribution < -0.4 is 0 Å². The molecule has 1 fully saturated rings. The van der Waals surface area contributed by atoms with Gasteiger partial charge in [-0.2, -0.15) is 10.2 Å². The summed E-state index contributed by atoms with van der Waals surface area (Å²) in [7, 11) is 3.78. The average molecular weight is 324 g/mol. The summed E-state index contributed by atoms with van der Waals surface area (Å²) in [5.41, 5.74) is 1.91. The van der Waals surface area contributed by atoms with E-state index in [1.165, 1.54) is 0 Å². The zero-order valence-electron chi connectivity index (χ0n) is 13.0. The van der Waals surface area contributed by atoms with Gasteiger partial charge in [0, 0.05) is 38.4 Å². The number of rotatable bonds is 5. The number of aryl methyl sites for hydroxylation is 2. The van der Waals surface area contributed by atoms with Gasteiger partial charge in [-0.05, 0) is 25.8 Å². The van der Waals surface area contributed by atoms with Crippen molar-refractivity contribution < 1.29 is 5.11 Å². The first kappa shape index (κ1) is 15.5. The van der Waals surface area contributed by atoms with Gasteiger partial charge < -0.3 is 5.11 Å². The van der Waals surface area contributed by atoms with Crippen LogP contribution in [-0.2, 0) is 20.6 Å². The highest BCUT2D eigenvalue weighted by atomic mass is 35.5. The molecule has 7 heteroatoms. The van der Waals surface area contributed by atoms with Crippen LogP contribution in [0.3, 0.4) is 0 Å². The lowest BCUT2D eigenvalue weighted by molar-refractivity contribution is 0.117. The van der Waals surface area contributed by atoms with E-state index in [2.05, 4.69) is 15.1 Å². The number of aliphatic hydroxyl groups is 1. The maximum Gasteiger partial charge on any atom is 0.0835 e. The zero-order valence-corrected chi connectivity index (χ0v) is 13.7. The number of nitrogens with zero attached hydrogens (tertiary/aromatic N) is 5. The van der Waals surface area contributed by atoms with E-state index in [1.807, 2.05) is 25.0 Å². The molecule has 2 aromatic rings. The van der Waals surface area contributed by atoms with Crippen molar-refractivity contribution in [1.29, 1.82) is 0 Å². The minimum absolute atomic E-state index is 0.362. The second kappa shape index (κ2) is 6.40. The van der Waals surface area contributed by atoms with Crippen molar-refractivity contribution in [3.8, 4) is 0 Å². The summed E-state index contributed by atoms with van der Waals surface area (Å²) in [6.45, 7) is 1.81. The minimum atomic E-state index is -0.471. The molecule has 1 aliphatic rings. The second-order valence-electron chi connectivity index (χ2n) is 6.03. The third-order valence-electron chi connectivity index (χ3n) is 4.47. The Bertz CT molecular complexity index is 618. The Labute approximate surface area is 135 Å². The van der Waals surface area contributed by atoms with Gasteiger partial charge in [0.05, 0.1) is 29.2 Å². The fourth-order valence-electron chi connectivity index (χ4n) is 3.18. The third kappa shape index (κ3) is 3.19. The van der Waals surface area contributed by atoms with Crippen molar-refractivity contribution >= 4 is 11.6 Å². The van der Waals surface area contributed by atoms with Gasteiger partial charge in [0.1, 0.15) is 0 Å². The van der Waals surface area contributed by atoms with Crippen LogP contribution in [0.25, 0.3) is 0 Å². The van der Waals surface area contributed by atoms with Crippen LogP contribution in [0, 0.1) is 0 Å². The van der Waals surface area contributed by atoms with Crippen LogP contribution in [0.15, 0.2) is 18.6 Å². The maximum atomic E-state index is 10.4. The molecule has 0 unspecified atom stereocenters. The molecular formula is C15H22ClN5O. The van der Waals surface area contributed by atoms with E-state index in [0.717, 1.165) is 43.6 Å². The minimum Gasteiger partial charge on any atom is -0.388 e. The molecule has 0 bridgehead atoms. The number of aliphatic hydroxyl groups excluding tert-OH is 1. The van der Waals surface area contributed by atoms with Crippen LogP contribution in [0.2, 0.25) is 5.02 Å². The van der Waals surface area contributed by atoms with E-state index in [4.69, 9.17) is 11.6 Å². The van der Waals surface area contributed by atoms with E-state index in [1.54, 1.807) is 17.1 Å². The van der Waals surface area contributed by atoms with E-state index < -0.39 is 6.10 Å². The lowest BCUT2D eigenvalue weighted by atomic mass is 10.0. The van der Waals surface area contributed by atoms with Crippen LogP contribution in [-0.4, -0.2) is 42.2 Å². The summed E-state index contributed by atoms with van der Waals surface area (Å²) in [5.74, 6) is 0. The highest BCUT2D eigenvalue weighted by Gasteiger charge is 2.28. The van der Waals surface area contributed by atoms with E-state index >= 15 is 0 Å². The topological polar surface area (TPSA) is 59.1 Å². The van der Waals surface area contributed by atoms with Crippen molar-refractivity contribution in [3.05, 3.63) is 34.9 Å². The fraction of sp³-hybridized carbons (Fsp3) is 0.600. The molecule has 0 aromatic carbocycles. The van der Waals surface area contributed by atoms with Crippen molar-refractivity contribution in [2.24, 2.45) is 14.1 Å². The Morgan fingerprint density at radius 1 is 1.36 bits per heavy atom. The molecule has 0 aliphatic carbocycles. The summed E-state index contributed by atoms with van der Waals surface area (Å²) in [6, 6.07) is 0.362. The first-order chi connectivity index (χ1) is 10.5. The van der Waals surface area contributed by atoms with Gasteiger partial charge in [0.25, 0.3) is 0 Å². The molecule has 2 aromatic heterocycles. The van der Waals surface area contributed by atoms with Crippen LogP contribution in [0.1, 0.15) is 36.6 Å². The van der Waals surface area contributed by atoms with E-state index in [-0.39, 0.29) is 0 Å². The Morgan fingerprint density at radius 2 is 2.18 bits per heavy atom. The highest BCUT2D eigenvalue weighted by Crippen LogP contribution is 2.29. The predicted octanol–water partition coefficient (Wildman–Crippen LogP) is 1.90. The Hall–Kier alpha value is -1.37. The normalized spacial score (nSPS) is 20.6. The Balaban J connectivity index is 1.66. The number of hydrogen-bond acceptors (Lipinski definition) is 4. The molecular weight excluding hydrogens is 302 g/mol. The van der Waals surface area contributed by atoms with E-state index in [9.17, 15) is 5.11 Å². The second-order valence-corrected chi connectivity index (χ2v) is 6.44. The SMILES string of the molecule is Cn1cc([C@@H](O)C[C@H]2CCCN2Cc2c(Cl)cnn2C)cn1. The molecule has 1 aliphatic heterocycles. The number of halogens is 1. The average Bonchev–Trinajstić information content (AvgIpc) is 3.17. The van der Waals surface area contributed by atoms with Crippen molar-refractivity contribution in [3.63, 3.8) is 0 Å². The standard InChI is InChI=1S/C15H22ClN5O/c1-19-9-11(7-17-19)15(22)6-12-4-3-5-21(12)10-14-13(16)8-18-20(14)2/h7-9,12,15,22H,3-6,10H2,1-2H3/t12-,15+/m1/s1. The fourth-order valence-corrected chi connectivity index (χ4v) is 3.41. The summed E-state index contributed by atoms with van der Waals surface area (Å²) in [6.07, 6.45) is 7.81. The quantitative estimate of drug-likeness (QED) is 0.913. The van der Waals surface area contributed by atoms with Crippen LogP contribution >= 0.6 is 11.6 Å². The van der Waals surface area contributed by atoms with Gasteiger partial charge in [-0.25, -0.2) is 0 Å². The van der Waals surface area contributed by atoms with Crippen LogP contribution in [0.4, 0.5) is 0 Å². The summed E-state index contributed by atoms with van der Waals surface area (Å²) >= 11 is 6.21. The Kier molecular flexibility index (Phi) is 4.52. The largest absolute Gasteiger partial charge is 0.388 e. The Morgan fingerprint density at radius 3 is 2.82 bits per heavy atom. The number of hydrogen-bond donors (Lipinski definition) is 1. The lowest BCUT2D eigenvalue weighted by Gasteiger charge is -2.26. The number of aromatic nitrogens is 4. The van der Waals surface area contributed by atoms with Gasteiger partial charge in [-0.1, -0.05) is 11.6 Å². The van der Waals surface area contributed by atoms with E-state index in [0.29, 0.717) is 11.1 Å². The van der Waals surface area contributed by atoms with Gasteiger partial charge in [0.15, 0.2) is 0 Å². The molecule has 22 heavy (non-hydrogen) atoms. The maximum absolute atomic E-state index is 10.4. The van der Waals surface area contributed by atoms with Crippen molar-refractivity contribution in [2.75, 3.05) is 6.54 Å². The van der Waals surface area contributed by atoms with Crippen molar-refractivity contribution in [1.82, 2.24) is 24.5 Å². The molecule has 3 heterocycles. The summed E-state index contributed by atoms with van der Waals surface area (Å²) in [4.78, 5) is 2.39. The van der Waals surface area contributed by atoms with Gasteiger partial charge >= 0.3 is 0 Å². The first-order valence-corrected chi connectivity index (χ1v) is 7.99. The lowest BCUT2D eigenvalue weighted by Crippen LogP contribution is -2.31. The van der Waals surface area contributed by atoms with Crippen LogP contribution in [0.5, 0.6) is 0 Å². The smallest absolute Gasteiger partial charge is 0.0835 e. The molecule has 0 spiro atoms. The molecule has 1 saturated heterocycles. The molecule has 0 amide bonds. The molecule has 0 saturated carbocycles. The molecule has 1 N–H and O–H groups in total. The molecule has 2 atom stereocenters. The molecule has 120 valence electrons.